The summed E-state index contributed by atoms with van der Waals surface area (Å²) in [6.45, 7) is 4.17. The van der Waals surface area contributed by atoms with Crippen molar-refractivity contribution >= 4 is 17.5 Å². The van der Waals surface area contributed by atoms with E-state index in [4.69, 9.17) is 11.6 Å². The molecule has 1 aliphatic carbocycles. The van der Waals surface area contributed by atoms with Crippen molar-refractivity contribution < 1.29 is 4.79 Å². The third-order valence-corrected chi connectivity index (χ3v) is 5.76. The zero-order valence-corrected chi connectivity index (χ0v) is 16.9. The van der Waals surface area contributed by atoms with Crippen LogP contribution in [0.2, 0.25) is 5.02 Å². The van der Waals surface area contributed by atoms with Gasteiger partial charge in [0.1, 0.15) is 11.5 Å². The van der Waals surface area contributed by atoms with E-state index >= 15 is 0 Å². The van der Waals surface area contributed by atoms with Gasteiger partial charge in [-0.25, -0.2) is 4.98 Å². The summed E-state index contributed by atoms with van der Waals surface area (Å²) >= 11 is 5.98. The zero-order valence-electron chi connectivity index (χ0n) is 16.2. The number of aromatic nitrogens is 2. The van der Waals surface area contributed by atoms with Gasteiger partial charge < -0.3 is 10.3 Å². The number of H-pyrrole nitrogens is 1. The molecule has 1 aliphatic rings. The Morgan fingerprint density at radius 3 is 2.79 bits per heavy atom. The number of amides is 1. The summed E-state index contributed by atoms with van der Waals surface area (Å²) < 4.78 is 0. The van der Waals surface area contributed by atoms with Gasteiger partial charge in [-0.1, -0.05) is 36.7 Å². The monoisotopic (exact) mass is 393 g/mol. The Kier molecular flexibility index (Phi) is 5.23. The molecule has 144 valence electrons. The van der Waals surface area contributed by atoms with Gasteiger partial charge in [0.05, 0.1) is 6.04 Å². The first kappa shape index (κ1) is 18.8. The lowest BCUT2D eigenvalue weighted by Gasteiger charge is -2.27. The first-order chi connectivity index (χ1) is 13.6. The summed E-state index contributed by atoms with van der Waals surface area (Å²) in [6.07, 6.45) is 3.83. The molecule has 2 N–H and O–H groups in total. The molecule has 4 rings (SSSR count). The summed E-state index contributed by atoms with van der Waals surface area (Å²) in [4.78, 5) is 21.0. The first-order valence-electron chi connectivity index (χ1n) is 9.81. The van der Waals surface area contributed by atoms with Gasteiger partial charge in [0.25, 0.3) is 5.91 Å². The van der Waals surface area contributed by atoms with Crippen LogP contribution in [0, 0.1) is 6.92 Å². The van der Waals surface area contributed by atoms with Crippen LogP contribution in [0.3, 0.4) is 0 Å². The highest BCUT2D eigenvalue weighted by Crippen LogP contribution is 2.32. The SMILES string of the molecule is CCc1[nH]c(-c2ccc(Cl)cc2)nc1C(=O)NC1CCCc2c(C)cccc21. The number of hydrogen-bond donors (Lipinski definition) is 2. The lowest BCUT2D eigenvalue weighted by atomic mass is 9.85. The highest BCUT2D eigenvalue weighted by molar-refractivity contribution is 6.30. The van der Waals surface area contributed by atoms with Crippen molar-refractivity contribution in [2.75, 3.05) is 0 Å². The zero-order chi connectivity index (χ0) is 19.7. The van der Waals surface area contributed by atoms with E-state index in [1.54, 1.807) is 0 Å². The van der Waals surface area contributed by atoms with Gasteiger partial charge in [0.15, 0.2) is 0 Å². The molecule has 2 aromatic carbocycles. The fourth-order valence-electron chi connectivity index (χ4n) is 4.01. The Morgan fingerprint density at radius 1 is 1.25 bits per heavy atom. The molecule has 0 aliphatic heterocycles. The summed E-state index contributed by atoms with van der Waals surface area (Å²) in [5.41, 5.74) is 6.16. The van der Waals surface area contributed by atoms with E-state index < -0.39 is 0 Å². The van der Waals surface area contributed by atoms with Crippen molar-refractivity contribution in [1.82, 2.24) is 15.3 Å². The van der Waals surface area contributed by atoms with Gasteiger partial charge in [-0.3, -0.25) is 4.79 Å². The number of aromatic amines is 1. The molecule has 3 aromatic rings. The molecule has 0 fully saturated rings. The number of halogens is 1. The number of rotatable bonds is 4. The first-order valence-corrected chi connectivity index (χ1v) is 10.2. The van der Waals surface area contributed by atoms with Crippen LogP contribution in [0.15, 0.2) is 42.5 Å². The summed E-state index contributed by atoms with van der Waals surface area (Å²) in [6, 6.07) is 13.9. The third-order valence-electron chi connectivity index (χ3n) is 5.51. The summed E-state index contributed by atoms with van der Waals surface area (Å²) in [5, 5.41) is 3.90. The molecule has 1 heterocycles. The Morgan fingerprint density at radius 2 is 2.04 bits per heavy atom. The van der Waals surface area contributed by atoms with Gasteiger partial charge in [-0.15, -0.1) is 0 Å². The second kappa shape index (κ2) is 7.80. The van der Waals surface area contributed by atoms with Crippen LogP contribution in [0.5, 0.6) is 0 Å². The molecular weight excluding hydrogens is 370 g/mol. The van der Waals surface area contributed by atoms with E-state index in [9.17, 15) is 4.79 Å². The summed E-state index contributed by atoms with van der Waals surface area (Å²) in [7, 11) is 0. The second-order valence-electron chi connectivity index (χ2n) is 7.33. The third kappa shape index (κ3) is 3.57. The maximum absolute atomic E-state index is 13.1. The predicted octanol–water partition coefficient (Wildman–Crippen LogP) is 5.41. The van der Waals surface area contributed by atoms with Crippen LogP contribution < -0.4 is 5.32 Å². The Labute approximate surface area is 170 Å². The minimum absolute atomic E-state index is 0.0385. The van der Waals surface area contributed by atoms with E-state index in [0.29, 0.717) is 23.0 Å². The topological polar surface area (TPSA) is 57.8 Å². The maximum atomic E-state index is 13.1. The number of aryl methyl sites for hydroxylation is 2. The largest absolute Gasteiger partial charge is 0.344 e. The number of fused-ring (bicyclic) bond motifs is 1. The lowest BCUT2D eigenvalue weighted by Crippen LogP contribution is -2.32. The predicted molar refractivity (Wildman–Crippen MR) is 113 cm³/mol. The quantitative estimate of drug-likeness (QED) is 0.622. The number of benzene rings is 2. The number of hydrogen-bond acceptors (Lipinski definition) is 2. The minimum Gasteiger partial charge on any atom is -0.344 e. The van der Waals surface area contributed by atoms with Crippen molar-refractivity contribution in [2.24, 2.45) is 0 Å². The smallest absolute Gasteiger partial charge is 0.272 e. The average Bonchev–Trinajstić information content (AvgIpc) is 3.14. The molecular formula is C23H24ClN3O. The molecule has 0 saturated carbocycles. The van der Waals surface area contributed by atoms with Crippen LogP contribution in [0.4, 0.5) is 0 Å². The van der Waals surface area contributed by atoms with E-state index in [0.717, 1.165) is 30.5 Å². The Balaban J connectivity index is 1.61. The minimum atomic E-state index is -0.118. The number of imidazole rings is 1. The molecule has 5 heteroatoms. The highest BCUT2D eigenvalue weighted by Gasteiger charge is 2.25. The Bertz CT molecular complexity index is 1010. The molecule has 0 bridgehead atoms. The van der Waals surface area contributed by atoms with Crippen LogP contribution in [-0.4, -0.2) is 15.9 Å². The second-order valence-corrected chi connectivity index (χ2v) is 7.77. The fourth-order valence-corrected chi connectivity index (χ4v) is 4.13. The van der Waals surface area contributed by atoms with Crippen LogP contribution >= 0.6 is 11.6 Å². The number of nitrogens with one attached hydrogen (secondary N) is 2. The Hall–Kier alpha value is -2.59. The van der Waals surface area contributed by atoms with Crippen molar-refractivity contribution in [3.05, 3.63) is 75.6 Å². The molecule has 28 heavy (non-hydrogen) atoms. The van der Waals surface area contributed by atoms with E-state index in [1.165, 1.54) is 16.7 Å². The molecule has 1 amide bonds. The van der Waals surface area contributed by atoms with Crippen LogP contribution in [-0.2, 0) is 12.8 Å². The van der Waals surface area contributed by atoms with E-state index in [2.05, 4.69) is 40.4 Å². The van der Waals surface area contributed by atoms with Gasteiger partial charge in [0.2, 0.25) is 0 Å². The number of nitrogens with zero attached hydrogens (tertiary/aromatic N) is 1. The lowest BCUT2D eigenvalue weighted by molar-refractivity contribution is 0.0927. The number of carbonyl (C=O) groups is 1. The van der Waals surface area contributed by atoms with Gasteiger partial charge in [0, 0.05) is 16.3 Å². The normalized spacial score (nSPS) is 15.9. The van der Waals surface area contributed by atoms with Crippen molar-refractivity contribution in [3.63, 3.8) is 0 Å². The molecule has 1 aromatic heterocycles. The van der Waals surface area contributed by atoms with Crippen molar-refractivity contribution in [2.45, 2.75) is 45.6 Å². The molecule has 0 radical (unpaired) electrons. The fraction of sp³-hybridized carbons (Fsp3) is 0.304. The molecule has 1 atom stereocenters. The van der Waals surface area contributed by atoms with Gasteiger partial charge >= 0.3 is 0 Å². The van der Waals surface area contributed by atoms with E-state index in [1.807, 2.05) is 31.2 Å². The molecule has 4 nitrogen and oxygen atoms in total. The van der Waals surface area contributed by atoms with Crippen LogP contribution in [0.1, 0.15) is 58.7 Å². The average molecular weight is 394 g/mol. The standard InChI is InChI=1S/C23H24ClN3O/c1-3-19-21(27-22(25-19)15-10-12-16(24)13-11-15)23(28)26-20-9-5-7-17-14(2)6-4-8-18(17)20/h4,6,8,10-13,20H,3,5,7,9H2,1-2H3,(H,25,27)(H,26,28). The van der Waals surface area contributed by atoms with Crippen LogP contribution in [0.25, 0.3) is 11.4 Å². The summed E-state index contributed by atoms with van der Waals surface area (Å²) in [5.74, 6) is 0.575. The van der Waals surface area contributed by atoms with Crippen molar-refractivity contribution in [1.29, 1.82) is 0 Å². The van der Waals surface area contributed by atoms with Crippen molar-refractivity contribution in [3.8, 4) is 11.4 Å². The molecule has 1 unspecified atom stereocenters. The van der Waals surface area contributed by atoms with E-state index in [-0.39, 0.29) is 11.9 Å². The molecule has 0 spiro atoms. The van der Waals surface area contributed by atoms with Gasteiger partial charge in [-0.05, 0) is 73.6 Å². The molecule has 0 saturated heterocycles. The maximum Gasteiger partial charge on any atom is 0.272 e. The van der Waals surface area contributed by atoms with Gasteiger partial charge in [-0.2, -0.15) is 0 Å². The highest BCUT2D eigenvalue weighted by atomic mass is 35.5. The number of carbonyl (C=O) groups excluding carboxylic acids is 1.